The molecule has 2 aromatic rings. The van der Waals surface area contributed by atoms with Gasteiger partial charge in [0, 0.05) is 5.69 Å². The van der Waals surface area contributed by atoms with E-state index in [4.69, 9.17) is 5.73 Å². The van der Waals surface area contributed by atoms with Crippen molar-refractivity contribution in [2.45, 2.75) is 6.92 Å². The molecule has 1 heterocycles. The van der Waals surface area contributed by atoms with E-state index >= 15 is 0 Å². The Labute approximate surface area is 97.9 Å². The highest BCUT2D eigenvalue weighted by molar-refractivity contribution is 6.07. The van der Waals surface area contributed by atoms with Gasteiger partial charge < -0.3 is 5.73 Å². The minimum Gasteiger partial charge on any atom is -0.398 e. The second-order valence-corrected chi connectivity index (χ2v) is 3.46. The maximum absolute atomic E-state index is 11.9. The maximum Gasteiger partial charge on any atom is 0.260 e. The number of benzene rings is 1. The number of nitrogens with one attached hydrogen (secondary N) is 1. The summed E-state index contributed by atoms with van der Waals surface area (Å²) in [5.74, 6) is -0.197. The second kappa shape index (κ2) is 4.56. The van der Waals surface area contributed by atoms with Crippen molar-refractivity contribution in [3.8, 4) is 0 Å². The second-order valence-electron chi connectivity index (χ2n) is 3.46. The summed E-state index contributed by atoms with van der Waals surface area (Å²) in [5.41, 5.74) is 7.52. The van der Waals surface area contributed by atoms with Crippen LogP contribution in [0.3, 0.4) is 0 Å². The summed E-state index contributed by atoms with van der Waals surface area (Å²) in [6.07, 6.45) is 2.87. The number of aryl methyl sites for hydroxylation is 1. The molecule has 0 aliphatic rings. The molecule has 1 amide bonds. The van der Waals surface area contributed by atoms with E-state index in [1.54, 1.807) is 12.1 Å². The van der Waals surface area contributed by atoms with Crippen molar-refractivity contribution in [2.24, 2.45) is 0 Å². The number of carbonyl (C=O) groups is 1. The molecule has 6 nitrogen and oxygen atoms in total. The third-order valence-electron chi connectivity index (χ3n) is 2.28. The van der Waals surface area contributed by atoms with E-state index in [2.05, 4.69) is 20.5 Å². The Bertz CT molecular complexity index is 541. The first-order valence-electron chi connectivity index (χ1n) is 4.98. The van der Waals surface area contributed by atoms with Gasteiger partial charge in [-0.25, -0.2) is 4.98 Å². The quantitative estimate of drug-likeness (QED) is 0.749. The number of amides is 1. The number of nitrogen functional groups attached to an aromatic ring is 1. The van der Waals surface area contributed by atoms with E-state index in [1.165, 1.54) is 12.4 Å². The summed E-state index contributed by atoms with van der Waals surface area (Å²) in [6.45, 7) is 1.84. The van der Waals surface area contributed by atoms with Crippen LogP contribution in [0.25, 0.3) is 0 Å². The molecule has 17 heavy (non-hydrogen) atoms. The lowest BCUT2D eigenvalue weighted by atomic mass is 10.1. The Morgan fingerprint density at radius 1 is 1.35 bits per heavy atom. The van der Waals surface area contributed by atoms with Gasteiger partial charge in [-0.2, -0.15) is 5.10 Å². The van der Waals surface area contributed by atoms with E-state index in [9.17, 15) is 4.79 Å². The van der Waals surface area contributed by atoms with Gasteiger partial charge in [0.05, 0.1) is 18.0 Å². The molecule has 0 aliphatic carbocycles. The molecular weight excluding hydrogens is 218 g/mol. The van der Waals surface area contributed by atoms with Gasteiger partial charge >= 0.3 is 0 Å². The zero-order valence-electron chi connectivity index (χ0n) is 9.21. The van der Waals surface area contributed by atoms with Gasteiger partial charge in [0.2, 0.25) is 5.95 Å². The number of hydrogen-bond acceptors (Lipinski definition) is 5. The molecular formula is C11H11N5O. The topological polar surface area (TPSA) is 93.8 Å². The zero-order valence-corrected chi connectivity index (χ0v) is 9.21. The van der Waals surface area contributed by atoms with E-state index in [0.29, 0.717) is 11.3 Å². The number of hydrogen-bond donors (Lipinski definition) is 2. The fourth-order valence-electron chi connectivity index (χ4n) is 1.35. The maximum atomic E-state index is 11.9. The fraction of sp³-hybridized carbons (Fsp3) is 0.0909. The van der Waals surface area contributed by atoms with Crippen LogP contribution in [0.4, 0.5) is 11.6 Å². The molecule has 3 N–H and O–H groups in total. The number of rotatable bonds is 2. The molecule has 1 aromatic heterocycles. The monoisotopic (exact) mass is 229 g/mol. The highest BCUT2D eigenvalue weighted by Crippen LogP contribution is 2.17. The summed E-state index contributed by atoms with van der Waals surface area (Å²) in [4.78, 5) is 15.7. The number of nitrogens with zero attached hydrogens (tertiary/aromatic N) is 3. The smallest absolute Gasteiger partial charge is 0.260 e. The van der Waals surface area contributed by atoms with Gasteiger partial charge in [0.15, 0.2) is 0 Å². The lowest BCUT2D eigenvalue weighted by Crippen LogP contribution is -2.16. The number of nitrogens with two attached hydrogens (primary N) is 1. The van der Waals surface area contributed by atoms with Crippen LogP contribution in [-0.4, -0.2) is 21.1 Å². The standard InChI is InChI=1S/C11H11N5O/c1-7-3-2-4-8(9(7)12)10(17)15-11-13-5-6-14-16-11/h2-6H,12H2,1H3,(H,13,15,16,17). The summed E-state index contributed by atoms with van der Waals surface area (Å²) in [7, 11) is 0. The van der Waals surface area contributed by atoms with Gasteiger partial charge in [-0.15, -0.1) is 5.10 Å². The third kappa shape index (κ3) is 2.36. The first-order chi connectivity index (χ1) is 8.18. The number of anilines is 2. The van der Waals surface area contributed by atoms with Crippen molar-refractivity contribution in [3.05, 3.63) is 41.7 Å². The van der Waals surface area contributed by atoms with Crippen LogP contribution in [0.15, 0.2) is 30.6 Å². The van der Waals surface area contributed by atoms with Crippen LogP contribution < -0.4 is 11.1 Å². The molecule has 0 saturated carbocycles. The summed E-state index contributed by atoms with van der Waals surface area (Å²) >= 11 is 0. The van der Waals surface area contributed by atoms with Crippen molar-refractivity contribution in [3.63, 3.8) is 0 Å². The van der Waals surface area contributed by atoms with Crippen molar-refractivity contribution in [1.29, 1.82) is 0 Å². The van der Waals surface area contributed by atoms with Crippen molar-refractivity contribution >= 4 is 17.5 Å². The Hall–Kier alpha value is -2.50. The zero-order chi connectivity index (χ0) is 12.3. The highest BCUT2D eigenvalue weighted by atomic mass is 16.1. The van der Waals surface area contributed by atoms with Crippen LogP contribution in [0.5, 0.6) is 0 Å². The SMILES string of the molecule is Cc1cccc(C(=O)Nc2nccnn2)c1N. The molecule has 6 heteroatoms. The van der Waals surface area contributed by atoms with Crippen molar-refractivity contribution in [2.75, 3.05) is 11.1 Å². The van der Waals surface area contributed by atoms with Crippen molar-refractivity contribution < 1.29 is 4.79 Å². The van der Waals surface area contributed by atoms with E-state index in [1.807, 2.05) is 13.0 Å². The molecule has 0 atom stereocenters. The molecule has 0 spiro atoms. The Kier molecular flexibility index (Phi) is 2.95. The minimum atomic E-state index is -0.348. The molecule has 0 aliphatic heterocycles. The highest BCUT2D eigenvalue weighted by Gasteiger charge is 2.11. The largest absolute Gasteiger partial charge is 0.398 e. The minimum absolute atomic E-state index is 0.151. The third-order valence-corrected chi connectivity index (χ3v) is 2.28. The molecule has 0 fully saturated rings. The molecule has 2 rings (SSSR count). The summed E-state index contributed by atoms with van der Waals surface area (Å²) < 4.78 is 0. The number of para-hydroxylation sites is 1. The lowest BCUT2D eigenvalue weighted by molar-refractivity contribution is 0.102. The van der Waals surface area contributed by atoms with Gasteiger partial charge in [-0.05, 0) is 18.6 Å². The van der Waals surface area contributed by atoms with E-state index < -0.39 is 0 Å². The first-order valence-corrected chi connectivity index (χ1v) is 4.98. The van der Waals surface area contributed by atoms with Gasteiger partial charge in [0.25, 0.3) is 5.91 Å². The fourth-order valence-corrected chi connectivity index (χ4v) is 1.35. The lowest BCUT2D eigenvalue weighted by Gasteiger charge is -2.07. The Morgan fingerprint density at radius 2 is 2.18 bits per heavy atom. The first kappa shape index (κ1) is 11.0. The van der Waals surface area contributed by atoms with E-state index in [-0.39, 0.29) is 11.9 Å². The van der Waals surface area contributed by atoms with E-state index in [0.717, 1.165) is 5.56 Å². The summed E-state index contributed by atoms with van der Waals surface area (Å²) in [6, 6.07) is 5.26. The normalized spacial score (nSPS) is 9.94. The Morgan fingerprint density at radius 3 is 2.88 bits per heavy atom. The average molecular weight is 229 g/mol. The van der Waals surface area contributed by atoms with Crippen LogP contribution in [0.1, 0.15) is 15.9 Å². The van der Waals surface area contributed by atoms with Crippen molar-refractivity contribution in [1.82, 2.24) is 15.2 Å². The van der Waals surface area contributed by atoms with Gasteiger partial charge in [0.1, 0.15) is 0 Å². The average Bonchev–Trinajstić information content (AvgIpc) is 2.34. The number of aromatic nitrogens is 3. The van der Waals surface area contributed by atoms with Crippen LogP contribution >= 0.6 is 0 Å². The van der Waals surface area contributed by atoms with Gasteiger partial charge in [-0.1, -0.05) is 12.1 Å². The summed E-state index contributed by atoms with van der Waals surface area (Å²) in [5, 5.41) is 9.80. The van der Waals surface area contributed by atoms with Gasteiger partial charge in [-0.3, -0.25) is 10.1 Å². The predicted octanol–water partition coefficient (Wildman–Crippen LogP) is 1.01. The number of carbonyl (C=O) groups excluding carboxylic acids is 1. The predicted molar refractivity (Wildman–Crippen MR) is 63.4 cm³/mol. The molecule has 0 bridgehead atoms. The molecule has 86 valence electrons. The van der Waals surface area contributed by atoms with Crippen LogP contribution in [-0.2, 0) is 0 Å². The molecule has 0 radical (unpaired) electrons. The Balaban J connectivity index is 2.24. The molecule has 0 unspecified atom stereocenters. The molecule has 1 aromatic carbocycles. The van der Waals surface area contributed by atoms with Crippen LogP contribution in [0.2, 0.25) is 0 Å². The van der Waals surface area contributed by atoms with Crippen LogP contribution in [0, 0.1) is 6.92 Å². The molecule has 0 saturated heterocycles.